The SMILES string of the molecule is Cl.Cl.[2H]C([2H])([2H])n1cc(-c2cccc(O)c2)cn1. The molecule has 1 heterocycles. The minimum absolute atomic E-state index is 0. The summed E-state index contributed by atoms with van der Waals surface area (Å²) in [6.07, 6.45) is 2.89. The lowest BCUT2D eigenvalue weighted by Crippen LogP contribution is -1.84. The van der Waals surface area contributed by atoms with Gasteiger partial charge in [0.15, 0.2) is 0 Å². The molecule has 0 spiro atoms. The summed E-state index contributed by atoms with van der Waals surface area (Å²) in [5.41, 5.74) is 1.39. The van der Waals surface area contributed by atoms with Crippen LogP contribution >= 0.6 is 24.8 Å². The summed E-state index contributed by atoms with van der Waals surface area (Å²) >= 11 is 0. The molecule has 3 nitrogen and oxygen atoms in total. The molecule has 1 aromatic heterocycles. The number of rotatable bonds is 1. The number of halogens is 2. The first-order chi connectivity index (χ1) is 7.47. The maximum absolute atomic E-state index is 9.30. The highest BCUT2D eigenvalue weighted by molar-refractivity contribution is 5.85. The van der Waals surface area contributed by atoms with Gasteiger partial charge in [0.1, 0.15) is 5.75 Å². The van der Waals surface area contributed by atoms with Crippen molar-refractivity contribution in [2.24, 2.45) is 6.98 Å². The lowest BCUT2D eigenvalue weighted by atomic mass is 10.1. The molecule has 1 N–H and O–H groups in total. The third kappa shape index (κ3) is 3.15. The number of benzene rings is 1. The Hall–Kier alpha value is -1.19. The fourth-order valence-corrected chi connectivity index (χ4v) is 1.16. The number of aryl methyl sites for hydroxylation is 1. The van der Waals surface area contributed by atoms with Crippen LogP contribution in [0.15, 0.2) is 36.7 Å². The molecule has 0 amide bonds. The van der Waals surface area contributed by atoms with Crippen LogP contribution in [0.1, 0.15) is 4.11 Å². The highest BCUT2D eigenvalue weighted by Crippen LogP contribution is 2.21. The molecule has 0 fully saturated rings. The van der Waals surface area contributed by atoms with Crippen molar-refractivity contribution in [2.45, 2.75) is 0 Å². The molecule has 5 heteroatoms. The van der Waals surface area contributed by atoms with Crippen molar-refractivity contribution >= 4 is 24.8 Å². The Labute approximate surface area is 105 Å². The van der Waals surface area contributed by atoms with Gasteiger partial charge in [-0.2, -0.15) is 5.10 Å². The van der Waals surface area contributed by atoms with Crippen LogP contribution in [0.3, 0.4) is 0 Å². The van der Waals surface area contributed by atoms with Gasteiger partial charge in [0.05, 0.1) is 6.20 Å². The normalized spacial score (nSPS) is 12.7. The van der Waals surface area contributed by atoms with Gasteiger partial charge in [0, 0.05) is 22.8 Å². The zero-order chi connectivity index (χ0) is 11.8. The van der Waals surface area contributed by atoms with Crippen molar-refractivity contribution in [2.75, 3.05) is 0 Å². The molecule has 0 aliphatic carbocycles. The third-order valence-corrected chi connectivity index (χ3v) is 1.76. The second kappa shape index (κ2) is 5.63. The van der Waals surface area contributed by atoms with Crippen LogP contribution in [0.2, 0.25) is 0 Å². The average Bonchev–Trinajstić information content (AvgIpc) is 2.65. The van der Waals surface area contributed by atoms with Crippen molar-refractivity contribution < 1.29 is 9.22 Å². The molecule has 82 valence electrons. The Bertz CT molecular complexity index is 514. The number of hydrogen-bond acceptors (Lipinski definition) is 2. The molecule has 0 atom stereocenters. The number of hydrogen-bond donors (Lipinski definition) is 1. The zero-order valence-corrected chi connectivity index (χ0v) is 9.26. The van der Waals surface area contributed by atoms with Crippen molar-refractivity contribution in [1.29, 1.82) is 0 Å². The Balaban J connectivity index is 0.00000144. The van der Waals surface area contributed by atoms with Gasteiger partial charge >= 0.3 is 0 Å². The molecule has 2 aromatic rings. The van der Waals surface area contributed by atoms with E-state index >= 15 is 0 Å². The molecule has 2 rings (SSSR count). The first kappa shape index (κ1) is 9.07. The van der Waals surface area contributed by atoms with E-state index in [2.05, 4.69) is 5.10 Å². The molecule has 0 saturated heterocycles. The van der Waals surface area contributed by atoms with Crippen LogP contribution < -0.4 is 0 Å². The molecule has 1 aromatic carbocycles. The minimum Gasteiger partial charge on any atom is -0.508 e. The van der Waals surface area contributed by atoms with Crippen LogP contribution in [0.4, 0.5) is 0 Å². The molecule has 0 aliphatic heterocycles. The van der Waals surface area contributed by atoms with E-state index in [1.165, 1.54) is 12.4 Å². The fraction of sp³-hybridized carbons (Fsp3) is 0.100. The first-order valence-electron chi connectivity index (χ1n) is 5.31. The average molecular weight is 250 g/mol. The molecule has 0 radical (unpaired) electrons. The van der Waals surface area contributed by atoms with Crippen LogP contribution in [0.5, 0.6) is 5.75 Å². The van der Waals surface area contributed by atoms with E-state index in [0.717, 1.165) is 10.2 Å². The fourth-order valence-electron chi connectivity index (χ4n) is 1.16. The largest absolute Gasteiger partial charge is 0.508 e. The summed E-state index contributed by atoms with van der Waals surface area (Å²) in [7, 11) is 0. The van der Waals surface area contributed by atoms with E-state index < -0.39 is 6.98 Å². The predicted octanol–water partition coefficient (Wildman–Crippen LogP) is 2.64. The highest BCUT2D eigenvalue weighted by Gasteiger charge is 1.99. The van der Waals surface area contributed by atoms with Crippen LogP contribution in [0.25, 0.3) is 11.1 Å². The van der Waals surface area contributed by atoms with Gasteiger partial charge in [-0.05, 0) is 17.7 Å². The minimum atomic E-state index is -2.27. The second-order valence-electron chi connectivity index (χ2n) is 2.72. The molecule has 15 heavy (non-hydrogen) atoms. The van der Waals surface area contributed by atoms with E-state index in [1.807, 2.05) is 0 Å². The predicted molar refractivity (Wildman–Crippen MR) is 64.8 cm³/mol. The summed E-state index contributed by atoms with van der Waals surface area (Å²) in [6.45, 7) is -2.27. The van der Waals surface area contributed by atoms with E-state index in [9.17, 15) is 5.11 Å². The standard InChI is InChI=1S/C10H10N2O.2ClH/c1-12-7-9(6-11-12)8-3-2-4-10(13)5-8;;/h2-7,13H,1H3;2*1H/i1D3;;. The molecule has 0 saturated carbocycles. The van der Waals surface area contributed by atoms with E-state index in [0.29, 0.717) is 5.56 Å². The van der Waals surface area contributed by atoms with Crippen molar-refractivity contribution in [3.05, 3.63) is 36.7 Å². The van der Waals surface area contributed by atoms with Gasteiger partial charge in [-0.25, -0.2) is 0 Å². The van der Waals surface area contributed by atoms with E-state index in [4.69, 9.17) is 4.11 Å². The van der Waals surface area contributed by atoms with Gasteiger partial charge in [0.2, 0.25) is 0 Å². The Morgan fingerprint density at radius 1 is 1.33 bits per heavy atom. The Morgan fingerprint density at radius 2 is 2.13 bits per heavy atom. The molecule has 0 unspecified atom stereocenters. The maximum Gasteiger partial charge on any atom is 0.116 e. The highest BCUT2D eigenvalue weighted by atomic mass is 35.5. The lowest BCUT2D eigenvalue weighted by molar-refractivity contribution is 0.475. The summed E-state index contributed by atoms with van der Waals surface area (Å²) in [4.78, 5) is 0. The third-order valence-electron chi connectivity index (χ3n) is 1.76. The lowest BCUT2D eigenvalue weighted by Gasteiger charge is -1.96. The summed E-state index contributed by atoms with van der Waals surface area (Å²) in [5, 5.41) is 13.1. The van der Waals surface area contributed by atoms with Crippen LogP contribution in [0, 0.1) is 0 Å². The summed E-state index contributed by atoms with van der Waals surface area (Å²) in [5.74, 6) is 0.138. The Kier molecular flexibility index (Phi) is 3.40. The molecule has 0 aliphatic rings. The van der Waals surface area contributed by atoms with Crippen LogP contribution in [-0.2, 0) is 6.98 Å². The van der Waals surface area contributed by atoms with Gasteiger partial charge in [0.25, 0.3) is 0 Å². The van der Waals surface area contributed by atoms with Crippen LogP contribution in [-0.4, -0.2) is 14.9 Å². The number of nitrogens with zero attached hydrogens (tertiary/aromatic N) is 2. The number of aromatic hydroxyl groups is 1. The van der Waals surface area contributed by atoms with Gasteiger partial charge in [-0.3, -0.25) is 4.68 Å². The monoisotopic (exact) mass is 249 g/mol. The van der Waals surface area contributed by atoms with Gasteiger partial charge in [-0.1, -0.05) is 12.1 Å². The maximum atomic E-state index is 9.30. The molecule has 0 bridgehead atoms. The van der Waals surface area contributed by atoms with Crippen molar-refractivity contribution in [1.82, 2.24) is 9.78 Å². The second-order valence-corrected chi connectivity index (χ2v) is 2.72. The number of phenolic OH excluding ortho intramolecular Hbond substituents is 1. The Morgan fingerprint density at radius 3 is 2.73 bits per heavy atom. The smallest absolute Gasteiger partial charge is 0.116 e. The topological polar surface area (TPSA) is 38.0 Å². The summed E-state index contributed by atoms with van der Waals surface area (Å²) in [6, 6.07) is 6.58. The molecular formula is C10H12Cl2N2O. The van der Waals surface area contributed by atoms with Crippen molar-refractivity contribution in [3.8, 4) is 16.9 Å². The van der Waals surface area contributed by atoms with Crippen molar-refractivity contribution in [3.63, 3.8) is 0 Å². The number of phenols is 1. The first-order valence-corrected chi connectivity index (χ1v) is 3.81. The zero-order valence-electron chi connectivity index (χ0n) is 10.6. The van der Waals surface area contributed by atoms with Gasteiger partial charge in [-0.15, -0.1) is 24.8 Å². The number of aromatic nitrogens is 2. The van der Waals surface area contributed by atoms with E-state index in [1.54, 1.807) is 24.3 Å². The van der Waals surface area contributed by atoms with E-state index in [-0.39, 0.29) is 30.6 Å². The van der Waals surface area contributed by atoms with Gasteiger partial charge < -0.3 is 5.11 Å². The quantitative estimate of drug-likeness (QED) is 0.844. The molecular weight excluding hydrogens is 235 g/mol. The summed E-state index contributed by atoms with van der Waals surface area (Å²) < 4.78 is 22.4.